The highest BCUT2D eigenvalue weighted by molar-refractivity contribution is 4.48. The first-order valence-corrected chi connectivity index (χ1v) is 7.63. The van der Waals surface area contributed by atoms with Gasteiger partial charge in [0.05, 0.1) is 19.8 Å². The van der Waals surface area contributed by atoms with Gasteiger partial charge in [-0.3, -0.25) is 0 Å². The Morgan fingerprint density at radius 3 is 1.32 bits per heavy atom. The Morgan fingerprint density at radius 2 is 0.842 bits per heavy atom. The fraction of sp³-hybridized carbons (Fsp3) is 1.00. The van der Waals surface area contributed by atoms with Crippen molar-refractivity contribution in [3.8, 4) is 0 Å². The number of hydrogen-bond acceptors (Lipinski definition) is 5. The molecule has 0 spiro atoms. The van der Waals surface area contributed by atoms with Crippen molar-refractivity contribution in [2.75, 3.05) is 26.4 Å². The highest BCUT2D eigenvalue weighted by atomic mass is 16.6. The zero-order valence-electron chi connectivity index (χ0n) is 12.3. The molecule has 0 radical (unpaired) electrons. The molecule has 0 aliphatic carbocycles. The van der Waals surface area contributed by atoms with Gasteiger partial charge in [-0.15, -0.1) is 0 Å². The molecule has 19 heavy (non-hydrogen) atoms. The van der Waals surface area contributed by atoms with Crippen molar-refractivity contribution in [2.45, 2.75) is 64.2 Å². The number of hydrogen-bond donors (Lipinski definition) is 2. The van der Waals surface area contributed by atoms with Gasteiger partial charge in [-0.2, -0.15) is 0 Å². The summed E-state index contributed by atoms with van der Waals surface area (Å²) in [6, 6.07) is 0. The number of nitrogens with two attached hydrogens (primary N) is 2. The molecule has 0 saturated heterocycles. The average molecular weight is 276 g/mol. The van der Waals surface area contributed by atoms with E-state index in [-0.39, 0.29) is 0 Å². The van der Waals surface area contributed by atoms with Crippen LogP contribution in [0.2, 0.25) is 0 Å². The molecule has 0 unspecified atom stereocenters. The van der Waals surface area contributed by atoms with Gasteiger partial charge in [0.1, 0.15) is 0 Å². The van der Waals surface area contributed by atoms with Crippen LogP contribution < -0.4 is 11.8 Å². The first kappa shape index (κ1) is 18.8. The summed E-state index contributed by atoms with van der Waals surface area (Å²) in [6.45, 7) is 2.61. The van der Waals surface area contributed by atoms with Crippen LogP contribution in [0.4, 0.5) is 0 Å². The Morgan fingerprint density at radius 1 is 0.421 bits per heavy atom. The van der Waals surface area contributed by atoms with Crippen LogP contribution in [0.3, 0.4) is 0 Å². The summed E-state index contributed by atoms with van der Waals surface area (Å²) in [5, 5.41) is 0. The maximum atomic E-state index is 5.34. The molecule has 0 amide bonds. The van der Waals surface area contributed by atoms with Crippen molar-refractivity contribution in [1.29, 1.82) is 0 Å². The lowest BCUT2D eigenvalue weighted by atomic mass is 10.1. The van der Waals surface area contributed by atoms with Crippen molar-refractivity contribution >= 4 is 0 Å². The highest BCUT2D eigenvalue weighted by Gasteiger charge is 1.94. The van der Waals surface area contributed by atoms with E-state index >= 15 is 0 Å². The predicted molar refractivity (Wildman–Crippen MR) is 77.3 cm³/mol. The van der Waals surface area contributed by atoms with Crippen LogP contribution in [0.1, 0.15) is 64.2 Å². The van der Waals surface area contributed by atoms with Crippen LogP contribution in [0.15, 0.2) is 0 Å². The fourth-order valence-corrected chi connectivity index (χ4v) is 2.01. The molecular weight excluding hydrogens is 244 g/mol. The van der Waals surface area contributed by atoms with Gasteiger partial charge in [0.25, 0.3) is 0 Å². The van der Waals surface area contributed by atoms with Crippen molar-refractivity contribution in [3.63, 3.8) is 0 Å². The molecule has 116 valence electrons. The summed E-state index contributed by atoms with van der Waals surface area (Å²) in [5.41, 5.74) is 0. The molecule has 0 aromatic rings. The van der Waals surface area contributed by atoms with Crippen LogP contribution >= 0.6 is 0 Å². The van der Waals surface area contributed by atoms with Gasteiger partial charge in [-0.25, -0.2) is 11.8 Å². The quantitative estimate of drug-likeness (QED) is 0.335. The molecular formula is C14H32N2O3. The Hall–Kier alpha value is -0.200. The van der Waals surface area contributed by atoms with E-state index in [2.05, 4.69) is 9.68 Å². The monoisotopic (exact) mass is 276 g/mol. The molecule has 5 heteroatoms. The molecule has 0 aliphatic rings. The predicted octanol–water partition coefficient (Wildman–Crippen LogP) is 2.68. The van der Waals surface area contributed by atoms with Gasteiger partial charge in [0.2, 0.25) is 0 Å². The van der Waals surface area contributed by atoms with E-state index in [1.807, 2.05) is 0 Å². The van der Waals surface area contributed by atoms with Gasteiger partial charge in [0, 0.05) is 6.61 Å². The van der Waals surface area contributed by atoms with Gasteiger partial charge in [0.15, 0.2) is 0 Å². The molecule has 0 aromatic carbocycles. The van der Waals surface area contributed by atoms with E-state index in [1.165, 1.54) is 51.4 Å². The lowest BCUT2D eigenvalue weighted by Crippen LogP contribution is -2.08. The molecule has 0 heterocycles. The highest BCUT2D eigenvalue weighted by Crippen LogP contribution is 2.10. The van der Waals surface area contributed by atoms with Crippen molar-refractivity contribution in [2.24, 2.45) is 11.8 Å². The summed E-state index contributed by atoms with van der Waals surface area (Å²) in [6.07, 6.45) is 12.7. The van der Waals surface area contributed by atoms with Gasteiger partial charge < -0.3 is 14.4 Å². The van der Waals surface area contributed by atoms with E-state index in [0.29, 0.717) is 19.8 Å². The molecule has 5 nitrogen and oxygen atoms in total. The third kappa shape index (κ3) is 17.8. The minimum atomic E-state index is 0.484. The number of unbranched alkanes of at least 4 members (excludes halogenated alkanes) is 9. The first-order chi connectivity index (χ1) is 9.41. The smallest absolute Gasteiger partial charge is 0.0913 e. The topological polar surface area (TPSA) is 79.7 Å². The van der Waals surface area contributed by atoms with Crippen LogP contribution in [0.5, 0.6) is 0 Å². The Kier molecular flexibility index (Phi) is 17.6. The normalized spacial score (nSPS) is 11.1. The SMILES string of the molecule is NOCCCCCCCCCCCCOCCON. The summed E-state index contributed by atoms with van der Waals surface area (Å²) in [7, 11) is 0. The number of rotatable bonds is 16. The zero-order chi connectivity index (χ0) is 14.0. The number of ether oxygens (including phenoxy) is 1. The van der Waals surface area contributed by atoms with Gasteiger partial charge in [-0.1, -0.05) is 51.4 Å². The van der Waals surface area contributed by atoms with Crippen LogP contribution in [-0.4, -0.2) is 26.4 Å². The van der Waals surface area contributed by atoms with Crippen molar-refractivity contribution in [3.05, 3.63) is 0 Å². The third-order valence-electron chi connectivity index (χ3n) is 3.15. The molecule has 0 rings (SSSR count). The minimum Gasteiger partial charge on any atom is -0.379 e. The Balaban J connectivity index is 2.88. The fourth-order valence-electron chi connectivity index (χ4n) is 2.01. The molecule has 4 N–H and O–H groups in total. The lowest BCUT2D eigenvalue weighted by molar-refractivity contribution is 0.0463. The summed E-state index contributed by atoms with van der Waals surface area (Å²) in [4.78, 5) is 8.95. The van der Waals surface area contributed by atoms with Gasteiger partial charge in [-0.05, 0) is 12.8 Å². The van der Waals surface area contributed by atoms with Gasteiger partial charge >= 0.3 is 0 Å². The molecule has 0 atom stereocenters. The largest absolute Gasteiger partial charge is 0.379 e. The maximum absolute atomic E-state index is 5.34. The van der Waals surface area contributed by atoms with E-state index in [1.54, 1.807) is 0 Å². The molecule has 0 bridgehead atoms. The Bertz CT molecular complexity index is 144. The lowest BCUT2D eigenvalue weighted by Gasteiger charge is -2.04. The zero-order valence-corrected chi connectivity index (χ0v) is 12.3. The maximum Gasteiger partial charge on any atom is 0.0913 e. The second-order valence-corrected chi connectivity index (χ2v) is 4.89. The third-order valence-corrected chi connectivity index (χ3v) is 3.15. The van der Waals surface area contributed by atoms with Crippen LogP contribution in [-0.2, 0) is 14.4 Å². The average Bonchev–Trinajstić information content (AvgIpc) is 2.43. The summed E-state index contributed by atoms with van der Waals surface area (Å²) in [5.74, 6) is 9.85. The van der Waals surface area contributed by atoms with Crippen molar-refractivity contribution < 1.29 is 14.4 Å². The molecule has 0 saturated carbocycles. The van der Waals surface area contributed by atoms with Crippen LogP contribution in [0.25, 0.3) is 0 Å². The second kappa shape index (κ2) is 17.8. The molecule has 0 aromatic heterocycles. The van der Waals surface area contributed by atoms with E-state index in [9.17, 15) is 0 Å². The summed E-state index contributed by atoms with van der Waals surface area (Å²) >= 11 is 0. The van der Waals surface area contributed by atoms with E-state index < -0.39 is 0 Å². The first-order valence-electron chi connectivity index (χ1n) is 7.63. The standard InChI is InChI=1S/C14H32N2O3/c15-18-12-10-8-6-4-2-1-3-5-7-9-11-17-13-14-19-16/h1-16H2. The van der Waals surface area contributed by atoms with Crippen molar-refractivity contribution in [1.82, 2.24) is 0 Å². The van der Waals surface area contributed by atoms with Crippen LogP contribution in [0, 0.1) is 0 Å². The summed E-state index contributed by atoms with van der Waals surface area (Å²) < 4.78 is 5.34. The molecule has 0 aliphatic heterocycles. The van der Waals surface area contributed by atoms with E-state index in [0.717, 1.165) is 19.4 Å². The minimum absolute atomic E-state index is 0.484. The van der Waals surface area contributed by atoms with E-state index in [4.69, 9.17) is 16.5 Å². The Labute approximate surface area is 117 Å². The second-order valence-electron chi connectivity index (χ2n) is 4.89. The molecule has 0 fully saturated rings.